The van der Waals surface area contributed by atoms with Gasteiger partial charge in [-0.25, -0.2) is 0 Å². The third-order valence-corrected chi connectivity index (χ3v) is 4.05. The monoisotopic (exact) mass is 327 g/mol. The van der Waals surface area contributed by atoms with E-state index >= 15 is 0 Å². The maximum Gasteiger partial charge on any atom is 0.321 e. The molecule has 1 aliphatic heterocycles. The Morgan fingerprint density at radius 1 is 1.47 bits per heavy atom. The molecule has 1 aliphatic rings. The van der Waals surface area contributed by atoms with Crippen molar-refractivity contribution in [3.8, 4) is 5.75 Å². The highest BCUT2D eigenvalue weighted by Crippen LogP contribution is 2.24. The summed E-state index contributed by atoms with van der Waals surface area (Å²) in [7, 11) is 0. The maximum atomic E-state index is 11.2. The average molecular weight is 328 g/mol. The van der Waals surface area contributed by atoms with Crippen molar-refractivity contribution < 1.29 is 14.6 Å². The van der Waals surface area contributed by atoms with Gasteiger partial charge in [-0.1, -0.05) is 22.9 Å². The summed E-state index contributed by atoms with van der Waals surface area (Å²) in [5.74, 6) is 0.293. The van der Waals surface area contributed by atoms with Crippen LogP contribution in [-0.2, 0) is 4.79 Å². The van der Waals surface area contributed by atoms with E-state index in [4.69, 9.17) is 4.74 Å². The molecule has 0 radical (unpaired) electrons. The van der Waals surface area contributed by atoms with Gasteiger partial charge in [0.15, 0.2) is 0 Å². The molecule has 0 aliphatic carbocycles. The van der Waals surface area contributed by atoms with Crippen LogP contribution in [0.1, 0.15) is 13.3 Å². The number of nitrogens with zero attached hydrogens (tertiary/aromatic N) is 1. The van der Waals surface area contributed by atoms with Crippen molar-refractivity contribution in [2.24, 2.45) is 5.92 Å². The van der Waals surface area contributed by atoms with Crippen molar-refractivity contribution >= 4 is 21.9 Å². The molecule has 0 bridgehead atoms. The smallest absolute Gasteiger partial charge is 0.321 e. The summed E-state index contributed by atoms with van der Waals surface area (Å²) in [6.45, 7) is 3.99. The van der Waals surface area contributed by atoms with Crippen LogP contribution in [0.4, 0.5) is 0 Å². The van der Waals surface area contributed by atoms with Gasteiger partial charge in [-0.2, -0.15) is 0 Å². The fourth-order valence-corrected chi connectivity index (χ4v) is 2.75. The Morgan fingerprint density at radius 3 is 2.79 bits per heavy atom. The Morgan fingerprint density at radius 2 is 2.16 bits per heavy atom. The third-order valence-electron chi connectivity index (χ3n) is 3.52. The van der Waals surface area contributed by atoms with E-state index in [9.17, 15) is 9.90 Å². The second-order valence-electron chi connectivity index (χ2n) is 4.89. The lowest BCUT2D eigenvalue weighted by molar-refractivity contribution is -0.143. The highest BCUT2D eigenvalue weighted by Gasteiger charge is 2.36. The predicted molar refractivity (Wildman–Crippen MR) is 76.4 cm³/mol. The Hall–Kier alpha value is -1.07. The lowest BCUT2D eigenvalue weighted by atomic mass is 10.0. The van der Waals surface area contributed by atoms with Gasteiger partial charge in [0.25, 0.3) is 0 Å². The minimum atomic E-state index is -0.728. The van der Waals surface area contributed by atoms with Crippen LogP contribution in [0.25, 0.3) is 0 Å². The van der Waals surface area contributed by atoms with Gasteiger partial charge in [0.05, 0.1) is 0 Å². The molecule has 4 nitrogen and oxygen atoms in total. The zero-order chi connectivity index (χ0) is 13.8. The number of carboxylic acid groups (broad SMARTS) is 1. The second-order valence-corrected chi connectivity index (χ2v) is 5.80. The number of ether oxygens (including phenoxy) is 1. The number of hydrogen-bond donors (Lipinski definition) is 1. The second kappa shape index (κ2) is 6.39. The topological polar surface area (TPSA) is 49.8 Å². The molecule has 2 rings (SSSR count). The molecule has 1 fully saturated rings. The standard InChI is InChI=1S/C14H18BrNO3/c1-10-6-7-16(13(10)14(17)18)8-9-19-12-4-2-11(15)3-5-12/h2-5,10,13H,6-9H2,1H3,(H,17,18). The normalized spacial score (nSPS) is 23.5. The maximum absolute atomic E-state index is 11.2. The molecule has 1 saturated heterocycles. The number of carbonyl (C=O) groups is 1. The molecule has 2 atom stereocenters. The van der Waals surface area contributed by atoms with Gasteiger partial charge >= 0.3 is 5.97 Å². The lowest BCUT2D eigenvalue weighted by Gasteiger charge is -2.22. The number of halogens is 1. The van der Waals surface area contributed by atoms with E-state index in [0.717, 1.165) is 23.2 Å². The quantitative estimate of drug-likeness (QED) is 0.903. The molecular formula is C14H18BrNO3. The first-order valence-electron chi connectivity index (χ1n) is 6.43. The van der Waals surface area contributed by atoms with E-state index in [1.54, 1.807) is 0 Å². The number of aliphatic carboxylic acids is 1. The number of benzene rings is 1. The van der Waals surface area contributed by atoms with E-state index in [1.807, 2.05) is 36.1 Å². The van der Waals surface area contributed by atoms with Crippen LogP contribution in [0.2, 0.25) is 0 Å². The Balaban J connectivity index is 1.82. The first-order chi connectivity index (χ1) is 9.08. The number of rotatable bonds is 5. The van der Waals surface area contributed by atoms with Crippen molar-refractivity contribution in [1.82, 2.24) is 4.90 Å². The van der Waals surface area contributed by atoms with E-state index in [2.05, 4.69) is 15.9 Å². The van der Waals surface area contributed by atoms with Crippen molar-refractivity contribution in [2.75, 3.05) is 19.7 Å². The molecule has 1 aromatic rings. The Kier molecular flexibility index (Phi) is 4.82. The number of likely N-dealkylation sites (tertiary alicyclic amines) is 1. The first kappa shape index (κ1) is 14.3. The van der Waals surface area contributed by atoms with Gasteiger partial charge in [-0.3, -0.25) is 9.69 Å². The van der Waals surface area contributed by atoms with Gasteiger partial charge in [-0.05, 0) is 43.1 Å². The number of hydrogen-bond acceptors (Lipinski definition) is 3. The molecule has 1 aromatic carbocycles. The Labute approximate surface area is 121 Å². The van der Waals surface area contributed by atoms with Crippen LogP contribution in [0.15, 0.2) is 28.7 Å². The summed E-state index contributed by atoms with van der Waals surface area (Å²) >= 11 is 3.37. The molecule has 0 spiro atoms. The van der Waals surface area contributed by atoms with Gasteiger partial charge in [0.2, 0.25) is 0 Å². The minimum Gasteiger partial charge on any atom is -0.492 e. The van der Waals surface area contributed by atoms with Crippen molar-refractivity contribution in [2.45, 2.75) is 19.4 Å². The SMILES string of the molecule is CC1CCN(CCOc2ccc(Br)cc2)C1C(=O)O. The van der Waals surface area contributed by atoms with Gasteiger partial charge < -0.3 is 9.84 Å². The zero-order valence-electron chi connectivity index (χ0n) is 10.9. The van der Waals surface area contributed by atoms with Crippen LogP contribution in [-0.4, -0.2) is 41.7 Å². The molecule has 2 unspecified atom stereocenters. The highest BCUT2D eigenvalue weighted by atomic mass is 79.9. The molecule has 19 heavy (non-hydrogen) atoms. The van der Waals surface area contributed by atoms with E-state index in [0.29, 0.717) is 13.2 Å². The van der Waals surface area contributed by atoms with Gasteiger partial charge in [0, 0.05) is 11.0 Å². The summed E-state index contributed by atoms with van der Waals surface area (Å²) < 4.78 is 6.64. The largest absolute Gasteiger partial charge is 0.492 e. The minimum absolute atomic E-state index is 0.213. The molecule has 5 heteroatoms. The third kappa shape index (κ3) is 3.70. The van der Waals surface area contributed by atoms with Crippen molar-refractivity contribution in [1.29, 1.82) is 0 Å². The zero-order valence-corrected chi connectivity index (χ0v) is 12.5. The predicted octanol–water partition coefficient (Wildman–Crippen LogP) is 2.62. The van der Waals surface area contributed by atoms with Crippen molar-refractivity contribution in [3.05, 3.63) is 28.7 Å². The fraction of sp³-hybridized carbons (Fsp3) is 0.500. The highest BCUT2D eigenvalue weighted by molar-refractivity contribution is 9.10. The van der Waals surface area contributed by atoms with Crippen LogP contribution in [0.3, 0.4) is 0 Å². The lowest BCUT2D eigenvalue weighted by Crippen LogP contribution is -2.41. The van der Waals surface area contributed by atoms with Crippen molar-refractivity contribution in [3.63, 3.8) is 0 Å². The average Bonchev–Trinajstić information content (AvgIpc) is 2.73. The first-order valence-corrected chi connectivity index (χ1v) is 7.22. The summed E-state index contributed by atoms with van der Waals surface area (Å²) in [4.78, 5) is 13.2. The molecule has 0 aromatic heterocycles. The Bertz CT molecular complexity index is 435. The molecular weight excluding hydrogens is 310 g/mol. The van der Waals surface area contributed by atoms with Gasteiger partial charge in [0.1, 0.15) is 18.4 Å². The summed E-state index contributed by atoms with van der Waals surface area (Å²) in [5, 5.41) is 9.21. The van der Waals surface area contributed by atoms with E-state index < -0.39 is 5.97 Å². The summed E-state index contributed by atoms with van der Waals surface area (Å²) in [5.41, 5.74) is 0. The van der Waals surface area contributed by atoms with Crippen LogP contribution >= 0.6 is 15.9 Å². The molecule has 1 N–H and O–H groups in total. The van der Waals surface area contributed by atoms with Crippen LogP contribution < -0.4 is 4.74 Å². The summed E-state index contributed by atoms with van der Waals surface area (Å²) in [6.07, 6.45) is 0.940. The van der Waals surface area contributed by atoms with Gasteiger partial charge in [-0.15, -0.1) is 0 Å². The molecule has 104 valence electrons. The van der Waals surface area contributed by atoms with Crippen LogP contribution in [0.5, 0.6) is 5.75 Å². The van der Waals surface area contributed by atoms with E-state index in [-0.39, 0.29) is 12.0 Å². The van der Waals surface area contributed by atoms with E-state index in [1.165, 1.54) is 0 Å². The fourth-order valence-electron chi connectivity index (χ4n) is 2.49. The molecule has 0 amide bonds. The number of carboxylic acids is 1. The molecule has 0 saturated carbocycles. The summed E-state index contributed by atoms with van der Waals surface area (Å²) in [6, 6.07) is 7.27. The van der Waals surface area contributed by atoms with Crippen LogP contribution in [0, 0.1) is 5.92 Å². The molecule has 1 heterocycles.